The van der Waals surface area contributed by atoms with Crippen molar-refractivity contribution in [2.75, 3.05) is 14.2 Å². The zero-order valence-electron chi connectivity index (χ0n) is 25.6. The fraction of sp³-hybridized carbons (Fsp3) is 0.300. The first-order valence-electron chi connectivity index (χ1n) is 15.8. The summed E-state index contributed by atoms with van der Waals surface area (Å²) < 4.78 is 18.4. The smallest absolute Gasteiger partial charge is 0.178 e. The summed E-state index contributed by atoms with van der Waals surface area (Å²) in [6.45, 7) is 2.06. The van der Waals surface area contributed by atoms with Crippen molar-refractivity contribution in [3.63, 3.8) is 0 Å². The molecule has 1 heterocycles. The fourth-order valence-corrected chi connectivity index (χ4v) is 8.58. The third-order valence-corrected chi connectivity index (χ3v) is 10.6. The highest BCUT2D eigenvalue weighted by molar-refractivity contribution is 6.04. The molecule has 1 aliphatic heterocycles. The molecular formula is C40H38O4. The summed E-state index contributed by atoms with van der Waals surface area (Å²) in [5, 5.41) is 15.0. The summed E-state index contributed by atoms with van der Waals surface area (Å²) in [6, 6.07) is 24.9. The molecule has 44 heavy (non-hydrogen) atoms. The van der Waals surface area contributed by atoms with Gasteiger partial charge in [0.15, 0.2) is 5.60 Å². The quantitative estimate of drug-likeness (QED) is 0.261. The SMILES string of the molecule is COc1ccc(C2(c3ccc(OC)cc3)C=Cc3c4c(c5ccccc5c3O2)C2=C(C=CCC2)C2CCCC2C4(C)O)cc1. The van der Waals surface area contributed by atoms with Crippen LogP contribution >= 0.6 is 0 Å². The van der Waals surface area contributed by atoms with E-state index in [1.807, 2.05) is 24.3 Å². The summed E-state index contributed by atoms with van der Waals surface area (Å²) in [5.74, 6) is 2.93. The minimum Gasteiger partial charge on any atom is -0.497 e. The van der Waals surface area contributed by atoms with E-state index in [2.05, 4.69) is 79.8 Å². The Hall–Kier alpha value is -4.28. The molecule has 4 heteroatoms. The summed E-state index contributed by atoms with van der Waals surface area (Å²) in [7, 11) is 3.37. The van der Waals surface area contributed by atoms with Crippen molar-refractivity contribution in [2.45, 2.75) is 50.2 Å². The molecule has 3 unspecified atom stereocenters. The lowest BCUT2D eigenvalue weighted by Crippen LogP contribution is -2.37. The number of allylic oxidation sites excluding steroid dienone is 4. The van der Waals surface area contributed by atoms with Crippen molar-refractivity contribution in [2.24, 2.45) is 11.8 Å². The van der Waals surface area contributed by atoms with Gasteiger partial charge in [0, 0.05) is 27.6 Å². The molecular weight excluding hydrogens is 544 g/mol. The second-order valence-corrected chi connectivity index (χ2v) is 12.8. The molecule has 3 atom stereocenters. The molecule has 1 N–H and O–H groups in total. The van der Waals surface area contributed by atoms with Gasteiger partial charge in [-0.2, -0.15) is 0 Å². The summed E-state index contributed by atoms with van der Waals surface area (Å²) in [6.07, 6.45) is 14.4. The Kier molecular flexibility index (Phi) is 6.29. The van der Waals surface area contributed by atoms with E-state index in [1.165, 1.54) is 16.7 Å². The first-order chi connectivity index (χ1) is 21.5. The Morgan fingerprint density at radius 3 is 2.14 bits per heavy atom. The molecule has 4 aliphatic rings. The van der Waals surface area contributed by atoms with Crippen LogP contribution in [0.15, 0.2) is 96.6 Å². The Labute approximate surface area is 259 Å². The highest BCUT2D eigenvalue weighted by atomic mass is 16.5. The van der Waals surface area contributed by atoms with Crippen LogP contribution in [0.3, 0.4) is 0 Å². The molecule has 4 nitrogen and oxygen atoms in total. The van der Waals surface area contributed by atoms with Crippen LogP contribution < -0.4 is 14.2 Å². The first-order valence-corrected chi connectivity index (χ1v) is 15.8. The van der Waals surface area contributed by atoms with Crippen molar-refractivity contribution >= 4 is 22.4 Å². The van der Waals surface area contributed by atoms with Gasteiger partial charge in [-0.05, 0) is 96.9 Å². The number of hydrogen-bond acceptors (Lipinski definition) is 4. The normalized spacial score (nSPS) is 24.5. The van der Waals surface area contributed by atoms with E-state index in [4.69, 9.17) is 14.2 Å². The Morgan fingerprint density at radius 2 is 1.48 bits per heavy atom. The number of aliphatic hydroxyl groups is 1. The maximum absolute atomic E-state index is 12.8. The molecule has 222 valence electrons. The van der Waals surface area contributed by atoms with Gasteiger partial charge in [-0.1, -0.05) is 73.2 Å². The van der Waals surface area contributed by atoms with Gasteiger partial charge in [0.25, 0.3) is 0 Å². The van der Waals surface area contributed by atoms with Gasteiger partial charge in [0.05, 0.1) is 19.8 Å². The van der Waals surface area contributed by atoms with Crippen LogP contribution in [0.4, 0.5) is 0 Å². The molecule has 1 fully saturated rings. The predicted molar refractivity (Wildman–Crippen MR) is 176 cm³/mol. The summed E-state index contributed by atoms with van der Waals surface area (Å²) in [5.41, 5.74) is 6.17. The van der Waals surface area contributed by atoms with Crippen molar-refractivity contribution in [3.05, 3.63) is 124 Å². The van der Waals surface area contributed by atoms with Gasteiger partial charge in [-0.15, -0.1) is 0 Å². The van der Waals surface area contributed by atoms with E-state index in [1.54, 1.807) is 14.2 Å². The number of ether oxygens (including phenoxy) is 3. The van der Waals surface area contributed by atoms with E-state index >= 15 is 0 Å². The molecule has 3 aliphatic carbocycles. The molecule has 4 aromatic rings. The lowest BCUT2D eigenvalue weighted by molar-refractivity contribution is -0.0158. The van der Waals surface area contributed by atoms with Crippen LogP contribution in [0.25, 0.3) is 22.4 Å². The molecule has 8 rings (SSSR count). The monoisotopic (exact) mass is 582 g/mol. The van der Waals surface area contributed by atoms with Crippen LogP contribution in [0.5, 0.6) is 17.2 Å². The van der Waals surface area contributed by atoms with Gasteiger partial charge in [0.1, 0.15) is 17.2 Å². The fourth-order valence-electron chi connectivity index (χ4n) is 8.58. The van der Waals surface area contributed by atoms with Gasteiger partial charge >= 0.3 is 0 Å². The van der Waals surface area contributed by atoms with E-state index in [0.29, 0.717) is 5.92 Å². The van der Waals surface area contributed by atoms with E-state index in [0.717, 1.165) is 82.4 Å². The molecule has 4 aromatic carbocycles. The third kappa shape index (κ3) is 3.86. The molecule has 0 bridgehead atoms. The summed E-state index contributed by atoms with van der Waals surface area (Å²) >= 11 is 0. The summed E-state index contributed by atoms with van der Waals surface area (Å²) in [4.78, 5) is 0. The Morgan fingerprint density at radius 1 is 0.818 bits per heavy atom. The average molecular weight is 583 g/mol. The second kappa shape index (κ2) is 10.1. The van der Waals surface area contributed by atoms with Crippen LogP contribution in [-0.4, -0.2) is 19.3 Å². The number of fused-ring (bicyclic) bond motifs is 9. The zero-order valence-corrected chi connectivity index (χ0v) is 25.6. The minimum absolute atomic E-state index is 0.157. The topological polar surface area (TPSA) is 47.9 Å². The lowest BCUT2D eigenvalue weighted by atomic mass is 9.73. The Bertz CT molecular complexity index is 1810. The second-order valence-electron chi connectivity index (χ2n) is 12.8. The molecule has 0 aromatic heterocycles. The van der Waals surface area contributed by atoms with E-state index in [9.17, 15) is 5.11 Å². The number of rotatable bonds is 4. The molecule has 0 amide bonds. The number of hydrogen-bond donors (Lipinski definition) is 1. The van der Waals surface area contributed by atoms with Crippen molar-refractivity contribution in [1.29, 1.82) is 0 Å². The van der Waals surface area contributed by atoms with Crippen LogP contribution in [0, 0.1) is 11.8 Å². The first kappa shape index (κ1) is 27.3. The lowest BCUT2D eigenvalue weighted by Gasteiger charge is -2.40. The Balaban J connectivity index is 1.43. The van der Waals surface area contributed by atoms with Crippen molar-refractivity contribution in [3.8, 4) is 17.2 Å². The maximum Gasteiger partial charge on any atom is 0.178 e. The van der Waals surface area contributed by atoms with E-state index < -0.39 is 11.2 Å². The molecule has 1 saturated carbocycles. The highest BCUT2D eigenvalue weighted by Gasteiger charge is 2.50. The number of methoxy groups -OCH3 is 2. The van der Waals surface area contributed by atoms with Crippen molar-refractivity contribution < 1.29 is 19.3 Å². The van der Waals surface area contributed by atoms with Gasteiger partial charge < -0.3 is 19.3 Å². The van der Waals surface area contributed by atoms with Crippen molar-refractivity contribution in [1.82, 2.24) is 0 Å². The van der Waals surface area contributed by atoms with Crippen LogP contribution in [0.1, 0.15) is 66.8 Å². The largest absolute Gasteiger partial charge is 0.497 e. The van der Waals surface area contributed by atoms with Gasteiger partial charge in [-0.25, -0.2) is 0 Å². The molecule has 0 saturated heterocycles. The maximum atomic E-state index is 12.8. The minimum atomic E-state index is -1.01. The third-order valence-electron chi connectivity index (χ3n) is 10.6. The number of benzene rings is 4. The average Bonchev–Trinajstić information content (AvgIpc) is 3.56. The zero-order chi connectivity index (χ0) is 30.1. The van der Waals surface area contributed by atoms with Crippen LogP contribution in [-0.2, 0) is 11.2 Å². The van der Waals surface area contributed by atoms with Crippen LogP contribution in [0.2, 0.25) is 0 Å². The standard InChI is InChI=1S/C40H38O4/c1-39(41)35-14-8-13-30(35)29-9-4-5-10-31(29)36-32-11-6-7-12-33(32)38-34(37(36)39)23-24-40(44-38,25-15-19-27(42-2)20-16-25)26-17-21-28(43-3)22-18-26/h4,6-7,9,11-12,15-24,30,35,41H,5,8,10,13-14H2,1-3H3. The van der Waals surface area contributed by atoms with Gasteiger partial charge in [-0.3, -0.25) is 0 Å². The molecule has 0 radical (unpaired) electrons. The van der Waals surface area contributed by atoms with Gasteiger partial charge in [0.2, 0.25) is 0 Å². The highest BCUT2D eigenvalue weighted by Crippen LogP contribution is 2.59. The predicted octanol–water partition coefficient (Wildman–Crippen LogP) is 8.95. The van der Waals surface area contributed by atoms with E-state index in [-0.39, 0.29) is 5.92 Å². The molecule has 0 spiro atoms.